The number of β-amino-alcohol motifs (C(OH)–C–C–N with tert-alkyl or cyclic N) is 1. The lowest BCUT2D eigenvalue weighted by Gasteiger charge is -2.36. The molecule has 4 rings (SSSR count). The zero-order valence-corrected chi connectivity index (χ0v) is 20.6. The van der Waals surface area contributed by atoms with Gasteiger partial charge < -0.3 is 24.4 Å². The lowest BCUT2D eigenvalue weighted by molar-refractivity contribution is -0.160. The molecule has 3 fully saturated rings. The first kappa shape index (κ1) is 25.4. The van der Waals surface area contributed by atoms with Gasteiger partial charge in [0.15, 0.2) is 0 Å². The van der Waals surface area contributed by atoms with E-state index in [9.17, 15) is 19.5 Å². The monoisotopic (exact) mass is 502 g/mol. The highest BCUT2D eigenvalue weighted by Crippen LogP contribution is 2.64. The summed E-state index contributed by atoms with van der Waals surface area (Å²) in [4.78, 5) is 44.0. The standard InChI is InChI=1S/C26H31ClN2O6/c1-4-13-28(18-9-7-17(27)8-10-18)23(32)21-26-12-11-25(6-3,35-26)20(24(33)34-16-5-2)19(26)22(31)29(21)14-15-30/h4-5,7-10,19-21,30H,1-2,6,11-16H2,3H3/t19-,20+,21?,25-,26?/m0/s1. The highest BCUT2D eigenvalue weighted by molar-refractivity contribution is 6.30. The topological polar surface area (TPSA) is 96.4 Å². The normalized spacial score (nSPS) is 30.8. The highest BCUT2D eigenvalue weighted by Gasteiger charge is 2.79. The number of amides is 2. The summed E-state index contributed by atoms with van der Waals surface area (Å²) in [5.74, 6) is -2.96. The third-order valence-electron chi connectivity index (χ3n) is 7.57. The van der Waals surface area contributed by atoms with E-state index >= 15 is 0 Å². The summed E-state index contributed by atoms with van der Waals surface area (Å²) in [6.07, 6.45) is 4.55. The smallest absolute Gasteiger partial charge is 0.313 e. The highest BCUT2D eigenvalue weighted by atomic mass is 35.5. The summed E-state index contributed by atoms with van der Waals surface area (Å²) < 4.78 is 12.0. The second-order valence-corrected chi connectivity index (χ2v) is 9.66. The number of aliphatic hydroxyl groups is 1. The number of fused-ring (bicyclic) bond motifs is 1. The number of benzene rings is 1. The number of esters is 1. The number of hydrogen-bond acceptors (Lipinski definition) is 6. The molecule has 5 atom stereocenters. The molecule has 2 bridgehead atoms. The molecule has 8 nitrogen and oxygen atoms in total. The van der Waals surface area contributed by atoms with Gasteiger partial charge in [0.05, 0.1) is 18.1 Å². The summed E-state index contributed by atoms with van der Waals surface area (Å²) in [6.45, 7) is 9.13. The lowest BCUT2D eigenvalue weighted by atomic mass is 9.65. The van der Waals surface area contributed by atoms with E-state index in [-0.39, 0.29) is 38.1 Å². The van der Waals surface area contributed by atoms with Gasteiger partial charge in [0.2, 0.25) is 5.91 Å². The molecule has 3 heterocycles. The van der Waals surface area contributed by atoms with Crippen molar-refractivity contribution in [3.63, 3.8) is 0 Å². The predicted molar refractivity (Wildman–Crippen MR) is 131 cm³/mol. The number of hydrogen-bond donors (Lipinski definition) is 1. The molecule has 3 aliphatic rings. The number of carbonyl (C=O) groups excluding carboxylic acids is 3. The molecular formula is C26H31ClN2O6. The van der Waals surface area contributed by atoms with Gasteiger partial charge in [0.1, 0.15) is 24.2 Å². The van der Waals surface area contributed by atoms with E-state index in [2.05, 4.69) is 13.2 Å². The number of halogens is 1. The predicted octanol–water partition coefficient (Wildman–Crippen LogP) is 2.74. The molecule has 1 aromatic rings. The van der Waals surface area contributed by atoms with Crippen molar-refractivity contribution in [2.24, 2.45) is 11.8 Å². The first-order valence-electron chi connectivity index (χ1n) is 11.9. The summed E-state index contributed by atoms with van der Waals surface area (Å²) in [5, 5.41) is 10.3. The van der Waals surface area contributed by atoms with Crippen molar-refractivity contribution >= 4 is 35.1 Å². The molecule has 2 unspecified atom stereocenters. The molecule has 2 amide bonds. The number of likely N-dealkylation sites (tertiary alicyclic amines) is 1. The van der Waals surface area contributed by atoms with Crippen LogP contribution in [0.3, 0.4) is 0 Å². The first-order chi connectivity index (χ1) is 16.8. The zero-order valence-electron chi connectivity index (χ0n) is 19.8. The van der Waals surface area contributed by atoms with Gasteiger partial charge in [-0.05, 0) is 43.5 Å². The molecule has 0 aromatic heterocycles. The van der Waals surface area contributed by atoms with Crippen LogP contribution in [0.1, 0.15) is 26.2 Å². The third kappa shape index (κ3) is 3.88. The van der Waals surface area contributed by atoms with Gasteiger partial charge in [0.25, 0.3) is 5.91 Å². The Balaban J connectivity index is 1.79. The lowest BCUT2D eigenvalue weighted by Crippen LogP contribution is -2.56. The molecule has 35 heavy (non-hydrogen) atoms. The van der Waals surface area contributed by atoms with Crippen LogP contribution in [-0.4, -0.2) is 71.3 Å². The molecule has 1 aromatic carbocycles. The summed E-state index contributed by atoms with van der Waals surface area (Å²) in [5.41, 5.74) is -1.48. The van der Waals surface area contributed by atoms with Gasteiger partial charge >= 0.3 is 5.97 Å². The van der Waals surface area contributed by atoms with Crippen molar-refractivity contribution in [1.82, 2.24) is 4.90 Å². The van der Waals surface area contributed by atoms with Gasteiger partial charge in [-0.1, -0.05) is 37.3 Å². The van der Waals surface area contributed by atoms with Gasteiger partial charge in [-0.3, -0.25) is 14.4 Å². The van der Waals surface area contributed by atoms with E-state index in [0.29, 0.717) is 30.0 Å². The molecular weight excluding hydrogens is 472 g/mol. The molecule has 3 saturated heterocycles. The molecule has 9 heteroatoms. The minimum Gasteiger partial charge on any atom is -0.461 e. The fraction of sp³-hybridized carbons (Fsp3) is 0.500. The van der Waals surface area contributed by atoms with E-state index in [1.807, 2.05) is 6.92 Å². The van der Waals surface area contributed by atoms with Gasteiger partial charge in [-0.2, -0.15) is 0 Å². The number of nitrogens with zero attached hydrogens (tertiary/aromatic N) is 2. The molecule has 0 radical (unpaired) electrons. The van der Waals surface area contributed by atoms with Crippen LogP contribution in [0.2, 0.25) is 5.02 Å². The number of carbonyl (C=O) groups is 3. The average molecular weight is 503 g/mol. The van der Waals surface area contributed by atoms with Crippen LogP contribution in [0.4, 0.5) is 5.69 Å². The van der Waals surface area contributed by atoms with Crippen molar-refractivity contribution in [2.45, 2.75) is 43.4 Å². The Kier molecular flexibility index (Phi) is 7.09. The molecule has 3 aliphatic heterocycles. The quantitative estimate of drug-likeness (QED) is 0.390. The van der Waals surface area contributed by atoms with Crippen LogP contribution in [0.25, 0.3) is 0 Å². The molecule has 188 valence electrons. The Morgan fingerprint density at radius 2 is 2.00 bits per heavy atom. The van der Waals surface area contributed by atoms with Crippen LogP contribution in [0.15, 0.2) is 49.6 Å². The molecule has 1 spiro atoms. The van der Waals surface area contributed by atoms with Crippen LogP contribution in [-0.2, 0) is 23.9 Å². The second-order valence-electron chi connectivity index (χ2n) is 9.22. The van der Waals surface area contributed by atoms with Crippen molar-refractivity contribution in [2.75, 3.05) is 31.2 Å². The van der Waals surface area contributed by atoms with Crippen molar-refractivity contribution < 1.29 is 29.0 Å². The Hall–Kier alpha value is -2.68. The van der Waals surface area contributed by atoms with Gasteiger partial charge in [0, 0.05) is 23.8 Å². The van der Waals surface area contributed by atoms with Gasteiger partial charge in [-0.25, -0.2) is 0 Å². The van der Waals surface area contributed by atoms with E-state index in [1.165, 1.54) is 15.9 Å². The fourth-order valence-corrected chi connectivity index (χ4v) is 6.28. The third-order valence-corrected chi connectivity index (χ3v) is 7.82. The summed E-state index contributed by atoms with van der Waals surface area (Å²) >= 11 is 6.05. The SMILES string of the molecule is C=CCOC(=O)[C@H]1[C@H]2C(=O)N(CCO)C(C(=O)N(CC=C)c3ccc(Cl)cc3)C23CC[C@]1(CC)O3. The minimum atomic E-state index is -1.19. The van der Waals surface area contributed by atoms with Crippen LogP contribution < -0.4 is 4.90 Å². The van der Waals surface area contributed by atoms with Crippen molar-refractivity contribution in [3.8, 4) is 0 Å². The Bertz CT molecular complexity index is 1030. The Morgan fingerprint density at radius 3 is 2.60 bits per heavy atom. The maximum atomic E-state index is 14.2. The zero-order chi connectivity index (χ0) is 25.4. The van der Waals surface area contributed by atoms with E-state index in [4.69, 9.17) is 21.1 Å². The maximum Gasteiger partial charge on any atom is 0.313 e. The largest absolute Gasteiger partial charge is 0.461 e. The number of anilines is 1. The average Bonchev–Trinajstić information content (AvgIpc) is 3.45. The summed E-state index contributed by atoms with van der Waals surface area (Å²) in [7, 11) is 0. The van der Waals surface area contributed by atoms with Crippen LogP contribution >= 0.6 is 11.6 Å². The van der Waals surface area contributed by atoms with Crippen molar-refractivity contribution in [1.29, 1.82) is 0 Å². The molecule has 0 saturated carbocycles. The maximum absolute atomic E-state index is 14.2. The number of rotatable bonds is 10. The minimum absolute atomic E-state index is 0.0232. The molecule has 1 N–H and O–H groups in total. The Labute approximate surface area is 210 Å². The van der Waals surface area contributed by atoms with Crippen LogP contribution in [0, 0.1) is 11.8 Å². The van der Waals surface area contributed by atoms with Gasteiger partial charge in [-0.15, -0.1) is 6.58 Å². The van der Waals surface area contributed by atoms with Crippen LogP contribution in [0.5, 0.6) is 0 Å². The number of ether oxygens (including phenoxy) is 2. The van der Waals surface area contributed by atoms with E-state index in [0.717, 1.165) is 0 Å². The summed E-state index contributed by atoms with van der Waals surface area (Å²) in [6, 6.07) is 5.81. The second kappa shape index (κ2) is 9.76. The fourth-order valence-electron chi connectivity index (χ4n) is 6.16. The first-order valence-corrected chi connectivity index (χ1v) is 12.2. The number of aliphatic hydroxyl groups excluding tert-OH is 1. The van der Waals surface area contributed by atoms with E-state index < -0.39 is 35.0 Å². The van der Waals surface area contributed by atoms with Crippen molar-refractivity contribution in [3.05, 3.63) is 54.6 Å². The van der Waals surface area contributed by atoms with E-state index in [1.54, 1.807) is 30.3 Å². The Morgan fingerprint density at radius 1 is 1.29 bits per heavy atom. The molecule has 0 aliphatic carbocycles.